The molecule has 0 radical (unpaired) electrons. The Hall–Kier alpha value is -3.15. The molecule has 6 heteroatoms. The highest BCUT2D eigenvalue weighted by molar-refractivity contribution is 5.94. The van der Waals surface area contributed by atoms with E-state index in [1.165, 1.54) is 12.1 Å². The molecular formula is C21H22FN3O2. The molecule has 0 aliphatic heterocycles. The van der Waals surface area contributed by atoms with Crippen molar-refractivity contribution in [1.82, 2.24) is 15.1 Å². The van der Waals surface area contributed by atoms with Gasteiger partial charge in [-0.3, -0.25) is 4.79 Å². The van der Waals surface area contributed by atoms with Crippen molar-refractivity contribution in [3.63, 3.8) is 0 Å². The first kappa shape index (κ1) is 18.6. The number of methoxy groups -OCH3 is 1. The van der Waals surface area contributed by atoms with Gasteiger partial charge in [0.25, 0.3) is 5.91 Å². The third-order valence-electron chi connectivity index (χ3n) is 4.21. The quantitative estimate of drug-likeness (QED) is 0.636. The molecule has 1 aromatic heterocycles. The number of hydrogen-bond acceptors (Lipinski definition) is 3. The van der Waals surface area contributed by atoms with Crippen LogP contribution in [0.15, 0.2) is 54.6 Å². The number of carbonyl (C=O) groups excluding carboxylic acids is 1. The van der Waals surface area contributed by atoms with Gasteiger partial charge in [0.2, 0.25) is 0 Å². The van der Waals surface area contributed by atoms with Crippen molar-refractivity contribution in [2.24, 2.45) is 0 Å². The Morgan fingerprint density at radius 3 is 2.48 bits per heavy atom. The highest BCUT2D eigenvalue weighted by Crippen LogP contribution is 2.24. The maximum atomic E-state index is 13.3. The van der Waals surface area contributed by atoms with E-state index in [9.17, 15) is 9.18 Å². The van der Waals surface area contributed by atoms with Crippen LogP contribution in [0.25, 0.3) is 16.9 Å². The molecule has 0 spiro atoms. The zero-order valence-corrected chi connectivity index (χ0v) is 15.4. The molecule has 0 aliphatic carbocycles. The fourth-order valence-corrected chi connectivity index (χ4v) is 2.69. The fraction of sp³-hybridized carbons (Fsp3) is 0.238. The molecular weight excluding hydrogens is 345 g/mol. The first-order chi connectivity index (χ1) is 13.1. The lowest BCUT2D eigenvalue weighted by Gasteiger charge is -2.08. The van der Waals surface area contributed by atoms with Gasteiger partial charge in [-0.1, -0.05) is 13.3 Å². The van der Waals surface area contributed by atoms with Gasteiger partial charge < -0.3 is 10.1 Å². The smallest absolute Gasteiger partial charge is 0.270 e. The summed E-state index contributed by atoms with van der Waals surface area (Å²) in [6.07, 6.45) is 1.90. The van der Waals surface area contributed by atoms with Gasteiger partial charge in [0.1, 0.15) is 17.3 Å². The Morgan fingerprint density at radius 2 is 1.85 bits per heavy atom. The summed E-state index contributed by atoms with van der Waals surface area (Å²) in [4.78, 5) is 12.7. The summed E-state index contributed by atoms with van der Waals surface area (Å²) in [5.74, 6) is 0.199. The number of nitrogens with zero attached hydrogens (tertiary/aromatic N) is 2. The molecule has 27 heavy (non-hydrogen) atoms. The minimum atomic E-state index is -0.338. The summed E-state index contributed by atoms with van der Waals surface area (Å²) >= 11 is 0. The summed E-state index contributed by atoms with van der Waals surface area (Å²) in [5, 5.41) is 7.49. The number of rotatable bonds is 7. The van der Waals surface area contributed by atoms with Crippen LogP contribution in [0.4, 0.5) is 4.39 Å². The number of nitrogens with one attached hydrogen (secondary N) is 1. The summed E-state index contributed by atoms with van der Waals surface area (Å²) in [5.41, 5.74) is 2.54. The van der Waals surface area contributed by atoms with E-state index in [-0.39, 0.29) is 11.7 Å². The van der Waals surface area contributed by atoms with E-state index in [4.69, 9.17) is 4.74 Å². The van der Waals surface area contributed by atoms with Gasteiger partial charge in [0.15, 0.2) is 0 Å². The summed E-state index contributed by atoms with van der Waals surface area (Å²) in [7, 11) is 1.61. The highest BCUT2D eigenvalue weighted by Gasteiger charge is 2.17. The lowest BCUT2D eigenvalue weighted by Crippen LogP contribution is -2.26. The number of amides is 1. The third kappa shape index (κ3) is 4.34. The standard InChI is InChI=1S/C21H22FN3O2/c1-3-4-13-23-21(26)20-14-19(15-5-11-18(27-2)12-6-15)24-25(20)17-9-7-16(22)8-10-17/h5-12,14H,3-4,13H2,1-2H3,(H,23,26). The van der Waals surface area contributed by atoms with Crippen molar-refractivity contribution in [2.75, 3.05) is 13.7 Å². The molecule has 0 fully saturated rings. The topological polar surface area (TPSA) is 56.1 Å². The maximum Gasteiger partial charge on any atom is 0.270 e. The van der Waals surface area contributed by atoms with E-state index in [2.05, 4.69) is 17.3 Å². The second-order valence-electron chi connectivity index (χ2n) is 6.14. The minimum Gasteiger partial charge on any atom is -0.497 e. The minimum absolute atomic E-state index is 0.208. The van der Waals surface area contributed by atoms with Crippen molar-refractivity contribution in [2.45, 2.75) is 19.8 Å². The molecule has 5 nitrogen and oxygen atoms in total. The van der Waals surface area contributed by atoms with Crippen LogP contribution < -0.4 is 10.1 Å². The maximum absolute atomic E-state index is 13.3. The second-order valence-corrected chi connectivity index (χ2v) is 6.14. The molecule has 1 heterocycles. The van der Waals surface area contributed by atoms with Gasteiger partial charge in [-0.2, -0.15) is 5.10 Å². The van der Waals surface area contributed by atoms with Gasteiger partial charge in [-0.15, -0.1) is 0 Å². The number of aromatic nitrogens is 2. The molecule has 1 N–H and O–H groups in total. The average Bonchev–Trinajstić information content (AvgIpc) is 3.14. The molecule has 0 saturated carbocycles. The number of hydrogen-bond donors (Lipinski definition) is 1. The van der Waals surface area contributed by atoms with Crippen LogP contribution in [-0.4, -0.2) is 29.3 Å². The van der Waals surface area contributed by atoms with Crippen LogP contribution in [0.2, 0.25) is 0 Å². The monoisotopic (exact) mass is 367 g/mol. The van der Waals surface area contributed by atoms with Gasteiger partial charge in [0.05, 0.1) is 18.5 Å². The van der Waals surface area contributed by atoms with E-state index in [1.807, 2.05) is 24.3 Å². The van der Waals surface area contributed by atoms with E-state index in [0.29, 0.717) is 23.6 Å². The first-order valence-corrected chi connectivity index (χ1v) is 8.91. The number of ether oxygens (including phenoxy) is 1. The van der Waals surface area contributed by atoms with Crippen LogP contribution in [0, 0.1) is 5.82 Å². The van der Waals surface area contributed by atoms with E-state index in [0.717, 1.165) is 24.2 Å². The van der Waals surface area contributed by atoms with Crippen molar-refractivity contribution in [1.29, 1.82) is 0 Å². The first-order valence-electron chi connectivity index (χ1n) is 8.91. The van der Waals surface area contributed by atoms with Crippen LogP contribution in [0.3, 0.4) is 0 Å². The van der Waals surface area contributed by atoms with E-state index in [1.54, 1.807) is 30.0 Å². The van der Waals surface area contributed by atoms with E-state index >= 15 is 0 Å². The lowest BCUT2D eigenvalue weighted by atomic mass is 10.1. The SMILES string of the molecule is CCCCNC(=O)c1cc(-c2ccc(OC)cc2)nn1-c1ccc(F)cc1. The molecule has 0 unspecified atom stereocenters. The lowest BCUT2D eigenvalue weighted by molar-refractivity contribution is 0.0945. The Labute approximate surface area is 157 Å². The normalized spacial score (nSPS) is 10.6. The molecule has 3 rings (SSSR count). The third-order valence-corrected chi connectivity index (χ3v) is 4.21. The van der Waals surface area contributed by atoms with Crippen LogP contribution in [0.1, 0.15) is 30.3 Å². The fourth-order valence-electron chi connectivity index (χ4n) is 2.69. The van der Waals surface area contributed by atoms with Crippen molar-refractivity contribution >= 4 is 5.91 Å². The molecule has 0 saturated heterocycles. The Balaban J connectivity index is 1.99. The molecule has 0 aliphatic rings. The largest absolute Gasteiger partial charge is 0.497 e. The second kappa shape index (κ2) is 8.49. The van der Waals surface area contributed by atoms with Crippen molar-refractivity contribution in [3.05, 3.63) is 66.1 Å². The Bertz CT molecular complexity index is 902. The molecule has 1 amide bonds. The van der Waals surface area contributed by atoms with Gasteiger partial charge in [-0.25, -0.2) is 9.07 Å². The van der Waals surface area contributed by atoms with Crippen LogP contribution in [-0.2, 0) is 0 Å². The molecule has 0 atom stereocenters. The molecule has 0 bridgehead atoms. The predicted molar refractivity (Wildman–Crippen MR) is 103 cm³/mol. The number of unbranched alkanes of at least 4 members (excludes halogenated alkanes) is 1. The van der Waals surface area contributed by atoms with E-state index < -0.39 is 0 Å². The zero-order valence-electron chi connectivity index (χ0n) is 15.4. The Morgan fingerprint density at radius 1 is 1.15 bits per heavy atom. The van der Waals surface area contributed by atoms with Gasteiger partial charge in [0, 0.05) is 12.1 Å². The molecule has 2 aromatic carbocycles. The number of carbonyl (C=O) groups is 1. The van der Waals surface area contributed by atoms with Crippen LogP contribution >= 0.6 is 0 Å². The van der Waals surface area contributed by atoms with Crippen LogP contribution in [0.5, 0.6) is 5.75 Å². The molecule has 140 valence electrons. The summed E-state index contributed by atoms with van der Waals surface area (Å²) in [6.45, 7) is 2.67. The number of benzene rings is 2. The Kier molecular flexibility index (Phi) is 5.86. The average molecular weight is 367 g/mol. The van der Waals surface area contributed by atoms with Gasteiger partial charge in [-0.05, 0) is 61.0 Å². The highest BCUT2D eigenvalue weighted by atomic mass is 19.1. The van der Waals surface area contributed by atoms with Gasteiger partial charge >= 0.3 is 0 Å². The predicted octanol–water partition coefficient (Wildman–Crippen LogP) is 4.22. The molecule has 3 aromatic rings. The summed E-state index contributed by atoms with van der Waals surface area (Å²) in [6, 6.07) is 15.1. The van der Waals surface area contributed by atoms with Crippen molar-refractivity contribution < 1.29 is 13.9 Å². The zero-order chi connectivity index (χ0) is 19.2. The summed E-state index contributed by atoms with van der Waals surface area (Å²) < 4.78 is 20.0. The van der Waals surface area contributed by atoms with Crippen molar-refractivity contribution in [3.8, 4) is 22.7 Å². The number of halogens is 1.